The molecule has 2 aromatic carbocycles. The predicted octanol–water partition coefficient (Wildman–Crippen LogP) is 2.95. The fraction of sp³-hybridized carbons (Fsp3) is 0.304. The van der Waals surface area contributed by atoms with Gasteiger partial charge in [-0.25, -0.2) is 4.52 Å². The third-order valence-corrected chi connectivity index (χ3v) is 5.99. The van der Waals surface area contributed by atoms with E-state index in [1.54, 1.807) is 4.52 Å². The number of amides is 1. The summed E-state index contributed by atoms with van der Waals surface area (Å²) in [6.07, 6.45) is 0. The summed E-state index contributed by atoms with van der Waals surface area (Å²) < 4.78 is 1.77. The number of carbonyl (C=O) groups excluding carboxylic acids is 1. The second-order valence-corrected chi connectivity index (χ2v) is 7.95. The van der Waals surface area contributed by atoms with Crippen LogP contribution in [0.15, 0.2) is 42.5 Å². The Kier molecular flexibility index (Phi) is 4.47. The number of hydrogen-bond donors (Lipinski definition) is 0. The quantitative estimate of drug-likeness (QED) is 0.518. The summed E-state index contributed by atoms with van der Waals surface area (Å²) >= 11 is 0. The van der Waals surface area contributed by atoms with Gasteiger partial charge in [0.15, 0.2) is 11.3 Å². The van der Waals surface area contributed by atoms with Crippen LogP contribution in [0.1, 0.15) is 21.9 Å². The molecule has 0 N–H and O–H groups in total. The average Bonchev–Trinajstić information content (AvgIpc) is 3.10. The van der Waals surface area contributed by atoms with Crippen molar-refractivity contribution in [3.05, 3.63) is 59.5 Å². The van der Waals surface area contributed by atoms with Crippen LogP contribution in [-0.4, -0.2) is 68.7 Å². The minimum Gasteiger partial charge on any atom is -0.335 e. The van der Waals surface area contributed by atoms with Crippen LogP contribution in [0.3, 0.4) is 0 Å². The lowest BCUT2D eigenvalue weighted by atomic mass is 9.98. The Bertz CT molecular complexity index is 1260. The molecular weight excluding hydrogens is 376 g/mol. The Hall–Kier alpha value is -3.32. The zero-order chi connectivity index (χ0) is 20.8. The average molecular weight is 400 g/mol. The maximum Gasteiger partial charge on any atom is 0.276 e. The highest BCUT2D eigenvalue weighted by Crippen LogP contribution is 2.33. The van der Waals surface area contributed by atoms with Gasteiger partial charge in [0.1, 0.15) is 0 Å². The van der Waals surface area contributed by atoms with Gasteiger partial charge in [0, 0.05) is 26.2 Å². The third kappa shape index (κ3) is 2.93. The number of nitrogens with zero attached hydrogens (tertiary/aromatic N) is 6. The molecule has 7 nitrogen and oxygen atoms in total. The standard InChI is InChI=1S/C23H24N6O/c1-15-20(19-10-6-8-17-7-4-5-9-18(17)19)22-25-24-21(16(2)29(22)26-15)23(30)28-13-11-27(3)12-14-28/h4-10H,11-14H2,1-3H3. The first-order chi connectivity index (χ1) is 14.5. The second kappa shape index (κ2) is 7.18. The summed E-state index contributed by atoms with van der Waals surface area (Å²) in [6.45, 7) is 7.01. The molecule has 0 bridgehead atoms. The second-order valence-electron chi connectivity index (χ2n) is 7.95. The normalized spacial score (nSPS) is 15.2. The largest absolute Gasteiger partial charge is 0.335 e. The molecule has 2 aromatic heterocycles. The van der Waals surface area contributed by atoms with Crippen LogP contribution in [0.2, 0.25) is 0 Å². The van der Waals surface area contributed by atoms with Gasteiger partial charge in [-0.1, -0.05) is 42.5 Å². The van der Waals surface area contributed by atoms with Crippen molar-refractivity contribution in [3.8, 4) is 11.1 Å². The Balaban J connectivity index is 1.62. The summed E-state index contributed by atoms with van der Waals surface area (Å²) in [7, 11) is 2.07. The first-order valence-electron chi connectivity index (χ1n) is 10.2. The van der Waals surface area contributed by atoms with Gasteiger partial charge >= 0.3 is 0 Å². The minimum atomic E-state index is -0.0742. The molecule has 1 amide bonds. The predicted molar refractivity (Wildman–Crippen MR) is 117 cm³/mol. The Morgan fingerprint density at radius 1 is 0.933 bits per heavy atom. The smallest absolute Gasteiger partial charge is 0.276 e. The lowest BCUT2D eigenvalue weighted by Gasteiger charge is -2.32. The maximum atomic E-state index is 13.1. The van der Waals surface area contributed by atoms with E-state index in [9.17, 15) is 4.79 Å². The van der Waals surface area contributed by atoms with Crippen LogP contribution < -0.4 is 0 Å². The molecule has 30 heavy (non-hydrogen) atoms. The number of hydrogen-bond acceptors (Lipinski definition) is 5. The van der Waals surface area contributed by atoms with Crippen LogP contribution in [0.4, 0.5) is 0 Å². The fourth-order valence-corrected chi connectivity index (χ4v) is 4.23. The molecule has 1 aliphatic rings. The van der Waals surface area contributed by atoms with Gasteiger partial charge in [-0.3, -0.25) is 4.79 Å². The van der Waals surface area contributed by atoms with Gasteiger partial charge in [0.05, 0.1) is 17.0 Å². The third-order valence-electron chi connectivity index (χ3n) is 5.99. The first kappa shape index (κ1) is 18.7. The Morgan fingerprint density at radius 3 is 2.47 bits per heavy atom. The van der Waals surface area contributed by atoms with E-state index in [1.165, 1.54) is 5.39 Å². The minimum absolute atomic E-state index is 0.0742. The van der Waals surface area contributed by atoms with Crippen molar-refractivity contribution in [1.29, 1.82) is 0 Å². The molecule has 1 aliphatic heterocycles. The van der Waals surface area contributed by atoms with Crippen molar-refractivity contribution in [2.24, 2.45) is 0 Å². The molecule has 0 spiro atoms. The Morgan fingerprint density at radius 2 is 1.67 bits per heavy atom. The molecule has 5 rings (SSSR count). The van der Waals surface area contributed by atoms with E-state index in [0.717, 1.165) is 41.0 Å². The van der Waals surface area contributed by atoms with Crippen LogP contribution in [-0.2, 0) is 0 Å². The number of likely N-dealkylation sites (N-methyl/N-ethyl adjacent to an activating group) is 1. The van der Waals surface area contributed by atoms with Crippen molar-refractivity contribution in [1.82, 2.24) is 29.6 Å². The summed E-state index contributed by atoms with van der Waals surface area (Å²) in [5.41, 5.74) is 4.68. The topological polar surface area (TPSA) is 66.6 Å². The number of rotatable bonds is 2. The number of benzene rings is 2. The van der Waals surface area contributed by atoms with Gasteiger partial charge in [-0.05, 0) is 37.2 Å². The highest BCUT2D eigenvalue weighted by atomic mass is 16.2. The molecular formula is C23H24N6O. The van der Waals surface area contributed by atoms with E-state index in [-0.39, 0.29) is 5.91 Å². The van der Waals surface area contributed by atoms with Gasteiger partial charge in [0.2, 0.25) is 0 Å². The van der Waals surface area contributed by atoms with Crippen molar-refractivity contribution >= 4 is 22.3 Å². The van der Waals surface area contributed by atoms with E-state index in [2.05, 4.69) is 46.4 Å². The van der Waals surface area contributed by atoms with Gasteiger partial charge in [0.25, 0.3) is 5.91 Å². The van der Waals surface area contributed by atoms with Crippen LogP contribution >= 0.6 is 0 Å². The molecule has 0 saturated carbocycles. The molecule has 0 unspecified atom stereocenters. The summed E-state index contributed by atoms with van der Waals surface area (Å²) in [5.74, 6) is -0.0742. The SMILES string of the molecule is Cc1nn2c(C)c(C(=O)N3CCN(C)CC3)nnc2c1-c1cccc2ccccc12. The Labute approximate surface area is 174 Å². The maximum absolute atomic E-state index is 13.1. The lowest BCUT2D eigenvalue weighted by molar-refractivity contribution is 0.0655. The summed E-state index contributed by atoms with van der Waals surface area (Å²) in [5, 5.41) is 15.9. The monoisotopic (exact) mass is 400 g/mol. The van der Waals surface area contributed by atoms with Crippen LogP contribution in [0.5, 0.6) is 0 Å². The molecule has 3 heterocycles. The number of fused-ring (bicyclic) bond motifs is 2. The lowest BCUT2D eigenvalue weighted by Crippen LogP contribution is -2.47. The molecule has 0 atom stereocenters. The zero-order valence-corrected chi connectivity index (χ0v) is 17.5. The number of piperazine rings is 1. The summed E-state index contributed by atoms with van der Waals surface area (Å²) in [6, 6.07) is 14.5. The van der Waals surface area contributed by atoms with Crippen molar-refractivity contribution in [2.45, 2.75) is 13.8 Å². The molecule has 7 heteroatoms. The van der Waals surface area contributed by atoms with Gasteiger partial charge in [-0.15, -0.1) is 10.2 Å². The summed E-state index contributed by atoms with van der Waals surface area (Å²) in [4.78, 5) is 17.1. The highest BCUT2D eigenvalue weighted by Gasteiger charge is 2.26. The zero-order valence-electron chi connectivity index (χ0n) is 17.5. The van der Waals surface area contributed by atoms with Crippen LogP contribution in [0, 0.1) is 13.8 Å². The van der Waals surface area contributed by atoms with Crippen molar-refractivity contribution < 1.29 is 4.79 Å². The molecule has 0 aliphatic carbocycles. The molecule has 1 fully saturated rings. The van der Waals surface area contributed by atoms with E-state index in [4.69, 9.17) is 5.10 Å². The van der Waals surface area contributed by atoms with Crippen molar-refractivity contribution in [3.63, 3.8) is 0 Å². The number of aromatic nitrogens is 4. The van der Waals surface area contributed by atoms with Crippen molar-refractivity contribution in [2.75, 3.05) is 33.2 Å². The van der Waals surface area contributed by atoms with E-state index in [1.807, 2.05) is 36.9 Å². The van der Waals surface area contributed by atoms with Gasteiger partial charge < -0.3 is 9.80 Å². The molecule has 0 radical (unpaired) electrons. The highest BCUT2D eigenvalue weighted by molar-refractivity contribution is 6.00. The van der Waals surface area contributed by atoms with Crippen LogP contribution in [0.25, 0.3) is 27.5 Å². The first-order valence-corrected chi connectivity index (χ1v) is 10.2. The van der Waals surface area contributed by atoms with E-state index in [0.29, 0.717) is 24.4 Å². The van der Waals surface area contributed by atoms with E-state index >= 15 is 0 Å². The molecule has 4 aromatic rings. The fourth-order valence-electron chi connectivity index (χ4n) is 4.23. The number of aryl methyl sites for hydroxylation is 2. The number of carbonyl (C=O) groups is 1. The van der Waals surface area contributed by atoms with E-state index < -0.39 is 0 Å². The molecule has 152 valence electrons. The van der Waals surface area contributed by atoms with Gasteiger partial charge in [-0.2, -0.15) is 5.10 Å². The molecule has 1 saturated heterocycles.